The van der Waals surface area contributed by atoms with Crippen molar-refractivity contribution in [3.8, 4) is 5.75 Å². The lowest BCUT2D eigenvalue weighted by Gasteiger charge is -2.06. The van der Waals surface area contributed by atoms with Crippen LogP contribution in [0.25, 0.3) is 0 Å². The second kappa shape index (κ2) is 8.91. The molecule has 2 N–H and O–H groups in total. The highest BCUT2D eigenvalue weighted by atomic mass is 16.7. The summed E-state index contributed by atoms with van der Waals surface area (Å²) in [5, 5.41) is 14.2. The first kappa shape index (κ1) is 20.6. The van der Waals surface area contributed by atoms with Crippen LogP contribution in [0.15, 0.2) is 64.2 Å². The average molecular weight is 409 g/mol. The van der Waals surface area contributed by atoms with Gasteiger partial charge in [-0.15, -0.1) is 0 Å². The average Bonchev–Trinajstić information content (AvgIpc) is 3.19. The van der Waals surface area contributed by atoms with Crippen LogP contribution >= 0.6 is 0 Å². The highest BCUT2D eigenvalue weighted by Gasteiger charge is 2.14. The fourth-order valence-corrected chi connectivity index (χ4v) is 2.68. The third kappa shape index (κ3) is 5.22. The molecule has 1 heterocycles. The van der Waals surface area contributed by atoms with E-state index in [0.29, 0.717) is 17.1 Å². The van der Waals surface area contributed by atoms with Crippen LogP contribution in [-0.2, 0) is 11.4 Å². The molecule has 0 saturated carbocycles. The highest BCUT2D eigenvalue weighted by molar-refractivity contribution is 5.98. The van der Waals surface area contributed by atoms with Crippen LogP contribution in [-0.4, -0.2) is 16.7 Å². The lowest BCUT2D eigenvalue weighted by atomic mass is 10.1. The van der Waals surface area contributed by atoms with Crippen LogP contribution < -0.4 is 10.5 Å². The highest BCUT2D eigenvalue weighted by Crippen LogP contribution is 2.19. The summed E-state index contributed by atoms with van der Waals surface area (Å²) < 4.78 is 11.1. The molecule has 2 aromatic carbocycles. The molecule has 0 saturated heterocycles. The standard InChI is InChI=1S/C21H19N3O6/c1-13-9-14(2)11-18(10-13)28-12-17-7-8-19(29-17)21(25)30-23-20(22)15-3-5-16(6-4-15)24(26)27/h3-11H,12H2,1-2H3,(H2,22,23). The third-order valence-corrected chi connectivity index (χ3v) is 4.04. The van der Waals surface area contributed by atoms with Gasteiger partial charge in [0.1, 0.15) is 18.1 Å². The van der Waals surface area contributed by atoms with Crippen LogP contribution in [0.2, 0.25) is 0 Å². The van der Waals surface area contributed by atoms with Crippen molar-refractivity contribution in [2.24, 2.45) is 10.9 Å². The van der Waals surface area contributed by atoms with E-state index in [1.54, 1.807) is 6.07 Å². The summed E-state index contributed by atoms with van der Waals surface area (Å²) in [4.78, 5) is 27.0. The van der Waals surface area contributed by atoms with E-state index in [0.717, 1.165) is 11.1 Å². The molecule has 0 bridgehead atoms. The Kier molecular flexibility index (Phi) is 6.11. The number of rotatable bonds is 7. The Bertz CT molecular complexity index is 1080. The topological polar surface area (TPSA) is 130 Å². The van der Waals surface area contributed by atoms with Crippen molar-refractivity contribution in [1.82, 2.24) is 0 Å². The monoisotopic (exact) mass is 409 g/mol. The summed E-state index contributed by atoms with van der Waals surface area (Å²) in [5.74, 6) is 0.136. The summed E-state index contributed by atoms with van der Waals surface area (Å²) in [5.41, 5.74) is 8.19. The van der Waals surface area contributed by atoms with E-state index in [1.165, 1.54) is 30.3 Å². The van der Waals surface area contributed by atoms with Crippen molar-refractivity contribution < 1.29 is 23.7 Å². The predicted octanol–water partition coefficient (Wildman–Crippen LogP) is 3.86. The second-order valence-electron chi connectivity index (χ2n) is 6.54. The zero-order valence-corrected chi connectivity index (χ0v) is 16.3. The van der Waals surface area contributed by atoms with E-state index >= 15 is 0 Å². The molecule has 0 aliphatic carbocycles. The Hall–Kier alpha value is -4.14. The van der Waals surface area contributed by atoms with Gasteiger partial charge in [0.05, 0.1) is 4.92 Å². The minimum absolute atomic E-state index is 0.0609. The molecule has 0 atom stereocenters. The number of nitro benzene ring substituents is 1. The predicted molar refractivity (Wildman–Crippen MR) is 108 cm³/mol. The van der Waals surface area contributed by atoms with Crippen LogP contribution in [0.3, 0.4) is 0 Å². The molecule has 0 fully saturated rings. The number of furan rings is 1. The van der Waals surface area contributed by atoms with Gasteiger partial charge in [0, 0.05) is 17.7 Å². The number of benzene rings is 2. The number of carbonyl (C=O) groups is 1. The van der Waals surface area contributed by atoms with E-state index in [4.69, 9.17) is 19.7 Å². The summed E-state index contributed by atoms with van der Waals surface area (Å²) in [6, 6.07) is 14.2. The first-order chi connectivity index (χ1) is 14.3. The number of aryl methyl sites for hydroxylation is 2. The summed E-state index contributed by atoms with van der Waals surface area (Å²) >= 11 is 0. The van der Waals surface area contributed by atoms with Gasteiger partial charge in [0.25, 0.3) is 5.69 Å². The summed E-state index contributed by atoms with van der Waals surface area (Å²) in [6.45, 7) is 4.10. The van der Waals surface area contributed by atoms with Crippen molar-refractivity contribution in [3.63, 3.8) is 0 Å². The number of nitrogens with two attached hydrogens (primary N) is 1. The van der Waals surface area contributed by atoms with Crippen molar-refractivity contribution in [1.29, 1.82) is 0 Å². The van der Waals surface area contributed by atoms with Gasteiger partial charge in [-0.2, -0.15) is 0 Å². The van der Waals surface area contributed by atoms with Gasteiger partial charge >= 0.3 is 5.97 Å². The molecular formula is C21H19N3O6. The minimum Gasteiger partial charge on any atom is -0.486 e. The van der Waals surface area contributed by atoms with Gasteiger partial charge in [-0.1, -0.05) is 11.2 Å². The number of non-ortho nitro benzene ring substituents is 1. The molecule has 0 radical (unpaired) electrons. The smallest absolute Gasteiger partial charge is 0.400 e. The molecule has 154 valence electrons. The Morgan fingerprint density at radius 1 is 1.10 bits per heavy atom. The summed E-state index contributed by atoms with van der Waals surface area (Å²) in [6.07, 6.45) is 0. The van der Waals surface area contributed by atoms with Crippen LogP contribution in [0.4, 0.5) is 5.69 Å². The maximum atomic E-state index is 12.1. The molecule has 3 rings (SSSR count). The largest absolute Gasteiger partial charge is 0.486 e. The lowest BCUT2D eigenvalue weighted by molar-refractivity contribution is -0.384. The molecule has 0 amide bonds. The fourth-order valence-electron chi connectivity index (χ4n) is 2.68. The minimum atomic E-state index is -0.836. The van der Waals surface area contributed by atoms with Gasteiger partial charge in [0.15, 0.2) is 5.84 Å². The first-order valence-electron chi connectivity index (χ1n) is 8.91. The molecular weight excluding hydrogens is 390 g/mol. The molecule has 1 aromatic heterocycles. The molecule has 0 aliphatic rings. The van der Waals surface area contributed by atoms with Crippen molar-refractivity contribution in [3.05, 3.63) is 92.9 Å². The Morgan fingerprint density at radius 2 is 1.77 bits per heavy atom. The zero-order valence-electron chi connectivity index (χ0n) is 16.3. The van der Waals surface area contributed by atoms with Crippen LogP contribution in [0.1, 0.15) is 33.0 Å². The molecule has 30 heavy (non-hydrogen) atoms. The van der Waals surface area contributed by atoms with Crippen LogP contribution in [0.5, 0.6) is 5.75 Å². The van der Waals surface area contributed by atoms with E-state index in [-0.39, 0.29) is 23.9 Å². The number of oxime groups is 1. The number of carbonyl (C=O) groups excluding carboxylic acids is 1. The lowest BCUT2D eigenvalue weighted by Crippen LogP contribution is -2.15. The van der Waals surface area contributed by atoms with Crippen molar-refractivity contribution in [2.45, 2.75) is 20.5 Å². The maximum absolute atomic E-state index is 12.1. The number of hydrogen-bond acceptors (Lipinski definition) is 7. The van der Waals surface area contributed by atoms with Gasteiger partial charge in [-0.3, -0.25) is 10.1 Å². The number of amidine groups is 1. The molecule has 0 spiro atoms. The molecule has 0 unspecified atom stereocenters. The number of nitro groups is 1. The van der Waals surface area contributed by atoms with E-state index in [2.05, 4.69) is 5.16 Å². The zero-order chi connectivity index (χ0) is 21.7. The molecule has 3 aromatic rings. The van der Waals surface area contributed by atoms with Crippen molar-refractivity contribution >= 4 is 17.5 Å². The van der Waals surface area contributed by atoms with Gasteiger partial charge in [-0.05, 0) is 61.4 Å². The van der Waals surface area contributed by atoms with Gasteiger partial charge in [-0.25, -0.2) is 4.79 Å². The van der Waals surface area contributed by atoms with E-state index < -0.39 is 10.9 Å². The Labute approximate surface area is 171 Å². The number of ether oxygens (including phenoxy) is 1. The van der Waals surface area contributed by atoms with E-state index in [9.17, 15) is 14.9 Å². The first-order valence-corrected chi connectivity index (χ1v) is 8.91. The number of hydrogen-bond donors (Lipinski definition) is 1. The van der Waals surface area contributed by atoms with Crippen LogP contribution in [0, 0.1) is 24.0 Å². The maximum Gasteiger partial charge on any atom is 0.400 e. The third-order valence-electron chi connectivity index (χ3n) is 4.04. The summed E-state index contributed by atoms with van der Waals surface area (Å²) in [7, 11) is 0. The number of nitrogens with zero attached hydrogens (tertiary/aromatic N) is 2. The molecule has 0 aliphatic heterocycles. The fraction of sp³-hybridized carbons (Fsp3) is 0.143. The SMILES string of the molecule is Cc1cc(C)cc(OCc2ccc(C(=O)O/N=C(\N)c3ccc([N+](=O)[O-])cc3)o2)c1. The van der Waals surface area contributed by atoms with E-state index in [1.807, 2.05) is 32.0 Å². The Balaban J connectivity index is 1.58. The second-order valence-corrected chi connectivity index (χ2v) is 6.54. The molecule has 9 nitrogen and oxygen atoms in total. The molecule has 9 heteroatoms. The normalized spacial score (nSPS) is 11.2. The Morgan fingerprint density at radius 3 is 2.40 bits per heavy atom. The van der Waals surface area contributed by atoms with Gasteiger partial charge in [0.2, 0.25) is 5.76 Å². The quantitative estimate of drug-likeness (QED) is 0.206. The van der Waals surface area contributed by atoms with Gasteiger partial charge < -0.3 is 19.7 Å². The van der Waals surface area contributed by atoms with Crippen molar-refractivity contribution in [2.75, 3.05) is 0 Å².